The maximum Gasteiger partial charge on any atom is 0.485 e. The first kappa shape index (κ1) is 18.9. The molecular formula is C12H18F3NO3S. The van der Waals surface area contributed by atoms with Crippen molar-refractivity contribution in [3.63, 3.8) is 0 Å². The first-order valence-electron chi connectivity index (χ1n) is 6.12. The maximum absolute atomic E-state index is 10.7. The predicted octanol–water partition coefficient (Wildman–Crippen LogP) is 2.39. The van der Waals surface area contributed by atoms with Crippen LogP contribution >= 0.6 is 0 Å². The van der Waals surface area contributed by atoms with Gasteiger partial charge in [-0.15, -0.1) is 0 Å². The van der Waals surface area contributed by atoms with Crippen molar-refractivity contribution >= 4 is 10.1 Å². The highest BCUT2D eigenvalue weighted by molar-refractivity contribution is 7.86. The monoisotopic (exact) mass is 313 g/mol. The van der Waals surface area contributed by atoms with Gasteiger partial charge >= 0.3 is 5.51 Å². The van der Waals surface area contributed by atoms with Crippen molar-refractivity contribution in [3.8, 4) is 0 Å². The lowest BCUT2D eigenvalue weighted by molar-refractivity contribution is -0.693. The molecule has 0 fully saturated rings. The predicted molar refractivity (Wildman–Crippen MR) is 66.7 cm³/mol. The number of hydrogen-bond acceptors (Lipinski definition) is 3. The van der Waals surface area contributed by atoms with Gasteiger partial charge in [-0.25, -0.2) is 13.0 Å². The lowest BCUT2D eigenvalue weighted by Crippen LogP contribution is -2.30. The van der Waals surface area contributed by atoms with Gasteiger partial charge in [-0.3, -0.25) is 0 Å². The average molecular weight is 313 g/mol. The van der Waals surface area contributed by atoms with Crippen LogP contribution in [-0.4, -0.2) is 18.5 Å². The Kier molecular flexibility index (Phi) is 7.74. The van der Waals surface area contributed by atoms with Crippen LogP contribution in [0.3, 0.4) is 0 Å². The van der Waals surface area contributed by atoms with Crippen LogP contribution in [0.5, 0.6) is 0 Å². The molecule has 1 heterocycles. The summed E-state index contributed by atoms with van der Waals surface area (Å²) in [5.74, 6) is 0. The Morgan fingerprint density at radius 1 is 1.20 bits per heavy atom. The number of hydrogen-bond donors (Lipinski definition) is 0. The van der Waals surface area contributed by atoms with E-state index < -0.39 is 15.6 Å². The van der Waals surface area contributed by atoms with Gasteiger partial charge in [0.25, 0.3) is 0 Å². The maximum atomic E-state index is 10.7. The Morgan fingerprint density at radius 3 is 1.95 bits per heavy atom. The third-order valence-corrected chi connectivity index (χ3v) is 2.99. The number of unbranched alkanes of at least 4 members (excludes halogenated alkanes) is 1. The van der Waals surface area contributed by atoms with E-state index in [0.29, 0.717) is 0 Å². The van der Waals surface area contributed by atoms with E-state index in [9.17, 15) is 13.2 Å². The third-order valence-electron chi connectivity index (χ3n) is 2.43. The van der Waals surface area contributed by atoms with E-state index in [1.165, 1.54) is 24.8 Å². The first-order valence-corrected chi connectivity index (χ1v) is 7.52. The third kappa shape index (κ3) is 7.44. The number of halogens is 3. The molecule has 20 heavy (non-hydrogen) atoms. The molecule has 0 aliphatic carbocycles. The summed E-state index contributed by atoms with van der Waals surface area (Å²) in [6.07, 6.45) is 8.12. The van der Waals surface area contributed by atoms with Crippen molar-refractivity contribution in [1.29, 1.82) is 0 Å². The average Bonchev–Trinajstić information content (AvgIpc) is 2.35. The fourth-order valence-electron chi connectivity index (χ4n) is 1.25. The minimum absolute atomic E-state index is 1.06. The number of rotatable bonds is 4. The molecule has 116 valence electrons. The highest BCUT2D eigenvalue weighted by Gasteiger charge is 2.36. The standard InChI is InChI=1S/C11H18N.CHF3O3S/c1-3-5-6-11-7-9-12(4-2)10-8-11;2-1(3,4)8(5,6)7/h7-10H,3-6H2,1-2H3;(H,5,6,7)/q+1;/p-1. The van der Waals surface area contributed by atoms with Gasteiger partial charge in [-0.2, -0.15) is 13.2 Å². The van der Waals surface area contributed by atoms with Crippen LogP contribution in [0.2, 0.25) is 0 Å². The van der Waals surface area contributed by atoms with E-state index in [0.717, 1.165) is 6.54 Å². The van der Waals surface area contributed by atoms with Crippen molar-refractivity contribution in [2.75, 3.05) is 0 Å². The van der Waals surface area contributed by atoms with Gasteiger partial charge in [-0.1, -0.05) is 13.3 Å². The van der Waals surface area contributed by atoms with Crippen LogP contribution in [0.25, 0.3) is 0 Å². The summed E-state index contributed by atoms with van der Waals surface area (Å²) >= 11 is 0. The van der Waals surface area contributed by atoms with Crippen molar-refractivity contribution in [3.05, 3.63) is 30.1 Å². The zero-order valence-corrected chi connectivity index (χ0v) is 12.2. The highest BCUT2D eigenvalue weighted by Crippen LogP contribution is 2.20. The number of aromatic nitrogens is 1. The Bertz CT molecular complexity index is 484. The van der Waals surface area contributed by atoms with E-state index in [4.69, 9.17) is 13.0 Å². The highest BCUT2D eigenvalue weighted by atomic mass is 32.2. The van der Waals surface area contributed by atoms with Crippen molar-refractivity contribution in [1.82, 2.24) is 0 Å². The summed E-state index contributed by atoms with van der Waals surface area (Å²) < 4.78 is 61.1. The Labute approximate surface area is 117 Å². The fraction of sp³-hybridized carbons (Fsp3) is 0.583. The topological polar surface area (TPSA) is 61.1 Å². The van der Waals surface area contributed by atoms with E-state index in [1.54, 1.807) is 0 Å². The van der Waals surface area contributed by atoms with Crippen LogP contribution < -0.4 is 4.57 Å². The quantitative estimate of drug-likeness (QED) is 0.487. The van der Waals surface area contributed by atoms with Crippen molar-refractivity contribution < 1.29 is 30.7 Å². The normalized spacial score (nSPS) is 11.7. The smallest absolute Gasteiger partial charge is 0.485 e. The molecule has 4 nitrogen and oxygen atoms in total. The van der Waals surface area contributed by atoms with Crippen LogP contribution in [0.15, 0.2) is 24.5 Å². The molecule has 0 saturated heterocycles. The van der Waals surface area contributed by atoms with Gasteiger partial charge in [0.1, 0.15) is 6.54 Å². The number of pyridine rings is 1. The molecule has 0 saturated carbocycles. The zero-order valence-electron chi connectivity index (χ0n) is 11.4. The molecular weight excluding hydrogens is 295 g/mol. The summed E-state index contributed by atoms with van der Waals surface area (Å²) in [5.41, 5.74) is -4.19. The molecule has 0 atom stereocenters. The lowest BCUT2D eigenvalue weighted by atomic mass is 10.1. The van der Waals surface area contributed by atoms with Crippen LogP contribution in [0, 0.1) is 0 Å². The Morgan fingerprint density at radius 2 is 1.65 bits per heavy atom. The molecule has 0 aliphatic rings. The number of aryl methyl sites for hydroxylation is 2. The van der Waals surface area contributed by atoms with Gasteiger partial charge in [0.15, 0.2) is 22.5 Å². The second kappa shape index (κ2) is 8.21. The molecule has 0 aliphatic heterocycles. The van der Waals surface area contributed by atoms with Crippen molar-refractivity contribution in [2.24, 2.45) is 0 Å². The zero-order chi connectivity index (χ0) is 15.8. The molecule has 0 bridgehead atoms. The van der Waals surface area contributed by atoms with Crippen LogP contribution in [0.1, 0.15) is 32.3 Å². The SMILES string of the molecule is CCCCc1cc[n+](CC)cc1.O=S(=O)([O-])C(F)(F)F. The summed E-state index contributed by atoms with van der Waals surface area (Å²) in [7, 11) is -6.09. The van der Waals surface area contributed by atoms with Gasteiger partial charge < -0.3 is 4.55 Å². The van der Waals surface area contributed by atoms with E-state index in [1.807, 2.05) is 0 Å². The number of nitrogens with zero attached hydrogens (tertiary/aromatic N) is 1. The van der Waals surface area contributed by atoms with Crippen LogP contribution in [0.4, 0.5) is 13.2 Å². The second-order valence-electron chi connectivity index (χ2n) is 4.04. The minimum atomic E-state index is -6.09. The Hall–Kier alpha value is -1.15. The molecule has 0 aromatic carbocycles. The van der Waals surface area contributed by atoms with E-state index >= 15 is 0 Å². The second-order valence-corrected chi connectivity index (χ2v) is 5.41. The molecule has 0 radical (unpaired) electrons. The summed E-state index contributed by atoms with van der Waals surface area (Å²) in [5, 5.41) is 0. The summed E-state index contributed by atoms with van der Waals surface area (Å²) in [6, 6.07) is 4.44. The van der Waals surface area contributed by atoms with Gasteiger partial charge in [0.05, 0.1) is 0 Å². The van der Waals surface area contributed by atoms with E-state index in [2.05, 4.69) is 42.9 Å². The molecule has 0 amide bonds. The molecule has 1 aromatic heterocycles. The van der Waals surface area contributed by atoms with Crippen LogP contribution in [-0.2, 0) is 23.1 Å². The molecule has 0 spiro atoms. The largest absolute Gasteiger partial charge is 0.741 e. The minimum Gasteiger partial charge on any atom is -0.741 e. The van der Waals surface area contributed by atoms with Gasteiger partial charge in [0.2, 0.25) is 0 Å². The van der Waals surface area contributed by atoms with Crippen molar-refractivity contribution in [2.45, 2.75) is 45.2 Å². The molecule has 0 unspecified atom stereocenters. The molecule has 8 heteroatoms. The summed E-state index contributed by atoms with van der Waals surface area (Å²) in [4.78, 5) is 0. The van der Waals surface area contributed by atoms with Gasteiger partial charge in [-0.05, 0) is 25.3 Å². The Balaban J connectivity index is 0.000000396. The first-order chi connectivity index (χ1) is 9.11. The van der Waals surface area contributed by atoms with Gasteiger partial charge in [0, 0.05) is 12.1 Å². The summed E-state index contributed by atoms with van der Waals surface area (Å²) in [6.45, 7) is 5.45. The molecule has 1 aromatic rings. The molecule has 0 N–H and O–H groups in total. The number of alkyl halides is 3. The van der Waals surface area contributed by atoms with E-state index in [-0.39, 0.29) is 0 Å². The molecule has 1 rings (SSSR count). The fourth-order valence-corrected chi connectivity index (χ4v) is 1.25. The lowest BCUT2D eigenvalue weighted by Gasteiger charge is -2.08.